The molecule has 12 heteroatoms. The van der Waals surface area contributed by atoms with E-state index in [1.54, 1.807) is 19.9 Å². The van der Waals surface area contributed by atoms with Gasteiger partial charge in [-0.1, -0.05) is 40.9 Å². The van der Waals surface area contributed by atoms with Crippen molar-refractivity contribution in [3.63, 3.8) is 0 Å². The summed E-state index contributed by atoms with van der Waals surface area (Å²) in [6, 6.07) is 0.360. The Morgan fingerprint density at radius 2 is 2.00 bits per heavy atom. The Hall–Kier alpha value is -1.91. The lowest BCUT2D eigenvalue weighted by molar-refractivity contribution is -0.148. The SMILES string of the molecule is CC1(C)O[C@H]2[C@H]3C(=CC[C@H]2O1)c1cc2c(c(O)c1CN3C(=O)NC(=O)C(Cl)(Cl)Cl)OCO2. The molecule has 1 saturated heterocycles. The first-order valence-electron chi connectivity index (χ1n) is 9.85. The average Bonchev–Trinajstić information content (AvgIpc) is 3.29. The fourth-order valence-corrected chi connectivity index (χ4v) is 4.80. The van der Waals surface area contributed by atoms with Crippen LogP contribution in [-0.2, 0) is 20.8 Å². The van der Waals surface area contributed by atoms with Crippen LogP contribution in [0.1, 0.15) is 31.4 Å². The van der Waals surface area contributed by atoms with Crippen molar-refractivity contribution < 1.29 is 33.6 Å². The fraction of sp³-hybridized carbons (Fsp3) is 0.500. The van der Waals surface area contributed by atoms with Crippen molar-refractivity contribution >= 4 is 52.3 Å². The summed E-state index contributed by atoms with van der Waals surface area (Å²) in [5, 5.41) is 13.0. The molecule has 0 aromatic heterocycles. The van der Waals surface area contributed by atoms with E-state index in [-0.39, 0.29) is 30.9 Å². The van der Waals surface area contributed by atoms with Gasteiger partial charge in [0, 0.05) is 5.56 Å². The van der Waals surface area contributed by atoms with Crippen LogP contribution in [0.4, 0.5) is 4.79 Å². The number of carbonyl (C=O) groups excluding carboxylic acids is 2. The van der Waals surface area contributed by atoms with E-state index < -0.39 is 33.7 Å². The Morgan fingerprint density at radius 3 is 2.72 bits per heavy atom. The second-order valence-electron chi connectivity index (χ2n) is 8.35. The Labute approximate surface area is 198 Å². The molecule has 0 spiro atoms. The maximum Gasteiger partial charge on any atom is 0.325 e. The molecule has 1 fully saturated rings. The number of imide groups is 1. The number of rotatable bonds is 0. The Morgan fingerprint density at radius 1 is 1.25 bits per heavy atom. The van der Waals surface area contributed by atoms with E-state index in [0.717, 1.165) is 5.57 Å². The summed E-state index contributed by atoms with van der Waals surface area (Å²) in [5.41, 5.74) is 1.89. The highest BCUT2D eigenvalue weighted by molar-refractivity contribution is 6.76. The molecule has 3 amide bonds. The van der Waals surface area contributed by atoms with Gasteiger partial charge in [-0.15, -0.1) is 0 Å². The van der Waals surface area contributed by atoms with E-state index >= 15 is 0 Å². The van der Waals surface area contributed by atoms with Gasteiger partial charge >= 0.3 is 6.03 Å². The van der Waals surface area contributed by atoms with Crippen molar-refractivity contribution in [2.75, 3.05) is 6.79 Å². The van der Waals surface area contributed by atoms with E-state index in [4.69, 9.17) is 53.8 Å². The van der Waals surface area contributed by atoms with Gasteiger partial charge in [-0.25, -0.2) is 4.79 Å². The molecule has 5 rings (SSSR count). The number of ether oxygens (including phenoxy) is 4. The standard InChI is InChI=1S/C20H19Cl3N2O7/c1-19(2)31-11-4-3-8-9-5-12-16(30-7-29-12)14(26)10(9)6-25(13(8)15(11)32-19)18(28)24-17(27)20(21,22)23/h3,5,11,13,15,26H,4,6-7H2,1-2H3,(H,24,27,28)/t11-,13-,15-/m1/s1. The molecular weight excluding hydrogens is 487 g/mol. The summed E-state index contributed by atoms with van der Waals surface area (Å²) < 4.78 is 20.7. The number of amides is 3. The van der Waals surface area contributed by atoms with Crippen LogP contribution in [0.15, 0.2) is 12.1 Å². The topological polar surface area (TPSA) is 107 Å². The third kappa shape index (κ3) is 3.47. The minimum absolute atomic E-state index is 0.0218. The average molecular weight is 506 g/mol. The zero-order valence-electron chi connectivity index (χ0n) is 17.0. The minimum Gasteiger partial charge on any atom is -0.504 e. The molecule has 1 aromatic rings. The summed E-state index contributed by atoms with van der Waals surface area (Å²) in [7, 11) is 0. The zero-order valence-corrected chi connectivity index (χ0v) is 19.3. The first-order chi connectivity index (χ1) is 15.0. The highest BCUT2D eigenvalue weighted by atomic mass is 35.6. The van der Waals surface area contributed by atoms with Crippen molar-refractivity contribution in [2.24, 2.45) is 0 Å². The van der Waals surface area contributed by atoms with Crippen LogP contribution in [0.3, 0.4) is 0 Å². The van der Waals surface area contributed by atoms with Gasteiger partial charge in [0.15, 0.2) is 17.3 Å². The van der Waals surface area contributed by atoms with Crippen LogP contribution in [0.5, 0.6) is 17.2 Å². The number of phenols is 1. The number of alkyl halides is 3. The van der Waals surface area contributed by atoms with Gasteiger partial charge in [0.2, 0.25) is 12.5 Å². The molecule has 0 saturated carbocycles. The molecule has 4 aliphatic rings. The van der Waals surface area contributed by atoms with Crippen LogP contribution < -0.4 is 14.8 Å². The Kier molecular flexibility index (Phi) is 5.00. The Bertz CT molecular complexity index is 1050. The molecule has 3 heterocycles. The number of nitrogens with one attached hydrogen (secondary N) is 1. The number of hydrogen-bond donors (Lipinski definition) is 2. The second kappa shape index (κ2) is 7.30. The van der Waals surface area contributed by atoms with Crippen LogP contribution in [-0.4, -0.2) is 56.6 Å². The predicted octanol–water partition coefficient (Wildman–Crippen LogP) is 3.22. The van der Waals surface area contributed by atoms with Gasteiger partial charge in [-0.2, -0.15) is 0 Å². The molecule has 3 aliphatic heterocycles. The Balaban J connectivity index is 1.59. The highest BCUT2D eigenvalue weighted by Crippen LogP contribution is 2.52. The van der Waals surface area contributed by atoms with E-state index in [0.29, 0.717) is 23.3 Å². The second-order valence-corrected chi connectivity index (χ2v) is 10.6. The largest absolute Gasteiger partial charge is 0.504 e. The molecular formula is C20H19Cl3N2O7. The number of benzene rings is 1. The van der Waals surface area contributed by atoms with E-state index in [1.165, 1.54) is 4.90 Å². The number of hydrogen-bond acceptors (Lipinski definition) is 7. The summed E-state index contributed by atoms with van der Waals surface area (Å²) in [5.74, 6) is -1.46. The van der Waals surface area contributed by atoms with Crippen LogP contribution in [0.25, 0.3) is 5.57 Å². The van der Waals surface area contributed by atoms with Gasteiger partial charge in [-0.3, -0.25) is 10.1 Å². The normalized spacial score (nSPS) is 27.2. The molecule has 172 valence electrons. The molecule has 9 nitrogen and oxygen atoms in total. The lowest BCUT2D eigenvalue weighted by Crippen LogP contribution is -2.58. The molecule has 1 aliphatic carbocycles. The van der Waals surface area contributed by atoms with Gasteiger partial charge in [0.05, 0.1) is 18.7 Å². The molecule has 2 N–H and O–H groups in total. The first kappa shape index (κ1) is 21.9. The monoisotopic (exact) mass is 504 g/mol. The van der Waals surface area contributed by atoms with Crippen molar-refractivity contribution in [2.45, 2.75) is 54.6 Å². The third-order valence-electron chi connectivity index (χ3n) is 5.88. The fourth-order valence-electron chi connectivity index (χ4n) is 4.66. The molecule has 0 bridgehead atoms. The van der Waals surface area contributed by atoms with Crippen LogP contribution in [0.2, 0.25) is 0 Å². The van der Waals surface area contributed by atoms with Gasteiger partial charge in [-0.05, 0) is 37.5 Å². The predicted molar refractivity (Wildman–Crippen MR) is 114 cm³/mol. The third-order valence-corrected chi connectivity index (χ3v) is 6.39. The van der Waals surface area contributed by atoms with E-state index in [2.05, 4.69) is 5.32 Å². The zero-order chi connectivity index (χ0) is 23.0. The number of aromatic hydroxyl groups is 1. The smallest absolute Gasteiger partial charge is 0.325 e. The molecule has 1 aromatic carbocycles. The van der Waals surface area contributed by atoms with Crippen LogP contribution in [0, 0.1) is 0 Å². The van der Waals surface area contributed by atoms with Gasteiger partial charge < -0.3 is 29.0 Å². The summed E-state index contributed by atoms with van der Waals surface area (Å²) in [6.45, 7) is 3.52. The van der Waals surface area contributed by atoms with Gasteiger partial charge in [0.25, 0.3) is 9.70 Å². The van der Waals surface area contributed by atoms with Crippen molar-refractivity contribution in [1.29, 1.82) is 0 Å². The van der Waals surface area contributed by atoms with Crippen LogP contribution >= 0.6 is 34.8 Å². The van der Waals surface area contributed by atoms with E-state index in [1.807, 2.05) is 6.08 Å². The molecule has 0 unspecified atom stereocenters. The molecule has 3 atom stereocenters. The number of fused-ring (bicyclic) bond motifs is 6. The van der Waals surface area contributed by atoms with Crippen molar-refractivity contribution in [3.8, 4) is 17.2 Å². The summed E-state index contributed by atoms with van der Waals surface area (Å²) in [6.07, 6.45) is 1.66. The number of urea groups is 1. The lowest BCUT2D eigenvalue weighted by atomic mass is 9.79. The maximum absolute atomic E-state index is 13.2. The quantitative estimate of drug-likeness (QED) is 0.522. The van der Waals surface area contributed by atoms with Gasteiger partial charge in [0.1, 0.15) is 6.10 Å². The van der Waals surface area contributed by atoms with E-state index in [9.17, 15) is 14.7 Å². The molecule has 32 heavy (non-hydrogen) atoms. The summed E-state index contributed by atoms with van der Waals surface area (Å²) in [4.78, 5) is 26.7. The lowest BCUT2D eigenvalue weighted by Gasteiger charge is -2.44. The van der Waals surface area contributed by atoms with Crippen molar-refractivity contribution in [3.05, 3.63) is 23.3 Å². The first-order valence-corrected chi connectivity index (χ1v) is 11.0. The highest BCUT2D eigenvalue weighted by Gasteiger charge is 2.53. The number of nitrogens with zero attached hydrogens (tertiary/aromatic N) is 1. The number of carbonyl (C=O) groups is 2. The van der Waals surface area contributed by atoms with Crippen molar-refractivity contribution in [1.82, 2.24) is 10.2 Å². The minimum atomic E-state index is -2.32. The molecule has 0 radical (unpaired) electrons. The number of halogens is 3. The maximum atomic E-state index is 13.2. The number of phenolic OH excluding ortho intramolecular Hbond substituents is 1. The summed E-state index contributed by atoms with van der Waals surface area (Å²) >= 11 is 16.9.